The van der Waals surface area contributed by atoms with Crippen LogP contribution in [0, 0.1) is 28.1 Å². The maximum Gasteiger partial charge on any atom is 0.0689 e. The first-order chi connectivity index (χ1) is 10.1. The monoisotopic (exact) mass is 306 g/mol. The maximum atomic E-state index is 11.5. The molecule has 126 valence electrons. The lowest BCUT2D eigenvalue weighted by Crippen LogP contribution is -2.63. The number of fused-ring (bicyclic) bond motifs is 3. The molecule has 2 heteroatoms. The van der Waals surface area contributed by atoms with Crippen LogP contribution in [0.15, 0.2) is 12.7 Å². The molecule has 3 aliphatic carbocycles. The van der Waals surface area contributed by atoms with Crippen LogP contribution < -0.4 is 0 Å². The van der Waals surface area contributed by atoms with E-state index < -0.39 is 5.60 Å². The highest BCUT2D eigenvalue weighted by molar-refractivity contribution is 5.14. The Bertz CT molecular complexity index is 470. The zero-order valence-electron chi connectivity index (χ0n) is 14.9. The average molecular weight is 306 g/mol. The third-order valence-electron chi connectivity index (χ3n) is 8.03. The van der Waals surface area contributed by atoms with E-state index in [-0.39, 0.29) is 22.3 Å². The molecule has 0 radical (unpaired) electrons. The van der Waals surface area contributed by atoms with Crippen molar-refractivity contribution in [3.8, 4) is 0 Å². The second kappa shape index (κ2) is 4.83. The van der Waals surface area contributed by atoms with Crippen molar-refractivity contribution < 1.29 is 10.2 Å². The zero-order valence-corrected chi connectivity index (χ0v) is 14.9. The Morgan fingerprint density at radius 2 is 1.59 bits per heavy atom. The molecule has 2 unspecified atom stereocenters. The molecule has 6 atom stereocenters. The minimum atomic E-state index is -0.537. The molecule has 0 aromatic rings. The van der Waals surface area contributed by atoms with Crippen molar-refractivity contribution in [2.45, 2.75) is 84.3 Å². The number of allylic oxidation sites excluding steroid dienone is 1. The number of aliphatic hydroxyl groups is 2. The molecule has 0 heterocycles. The standard InChI is InChI=1S/C20H34O2/c1-6-18(4)10-7-15-19(5)11-9-16(21)17(2,3)14(19)8-12-20(15,22)13-18/h6,14-16,21-22H,1,7-13H2,2-5H3/t14?,15?,16-,18-,19-,20+/m1/s1. The van der Waals surface area contributed by atoms with Crippen LogP contribution in [0.5, 0.6) is 0 Å². The molecule has 0 aromatic heterocycles. The Morgan fingerprint density at radius 1 is 0.955 bits per heavy atom. The predicted octanol–water partition coefficient (Wildman–Crippen LogP) is 4.31. The van der Waals surface area contributed by atoms with Gasteiger partial charge in [-0.15, -0.1) is 6.58 Å². The van der Waals surface area contributed by atoms with Gasteiger partial charge in [0.25, 0.3) is 0 Å². The van der Waals surface area contributed by atoms with Crippen molar-refractivity contribution in [3.05, 3.63) is 12.7 Å². The quantitative estimate of drug-likeness (QED) is 0.709. The van der Waals surface area contributed by atoms with Gasteiger partial charge in [0.15, 0.2) is 0 Å². The summed E-state index contributed by atoms with van der Waals surface area (Å²) in [6.07, 6.45) is 8.82. The SMILES string of the molecule is C=C[C@]1(C)CCC2[C@](O)(CCC3C(C)(C)[C@H](O)CC[C@]32C)C1. The third kappa shape index (κ3) is 2.13. The van der Waals surface area contributed by atoms with Crippen LogP contribution in [-0.2, 0) is 0 Å². The fraction of sp³-hybridized carbons (Fsp3) is 0.900. The summed E-state index contributed by atoms with van der Waals surface area (Å²) in [4.78, 5) is 0. The highest BCUT2D eigenvalue weighted by Crippen LogP contribution is 2.66. The number of rotatable bonds is 1. The zero-order chi connectivity index (χ0) is 16.4. The van der Waals surface area contributed by atoms with E-state index in [1.807, 2.05) is 0 Å². The minimum absolute atomic E-state index is 0.0342. The Labute approximate surface area is 136 Å². The van der Waals surface area contributed by atoms with Crippen molar-refractivity contribution in [2.24, 2.45) is 28.1 Å². The summed E-state index contributed by atoms with van der Waals surface area (Å²) in [5.41, 5.74) is -0.325. The Kier molecular flexibility index (Phi) is 3.63. The van der Waals surface area contributed by atoms with E-state index in [1.54, 1.807) is 0 Å². The van der Waals surface area contributed by atoms with E-state index in [1.165, 1.54) is 0 Å². The van der Waals surface area contributed by atoms with Crippen LogP contribution >= 0.6 is 0 Å². The van der Waals surface area contributed by atoms with Gasteiger partial charge >= 0.3 is 0 Å². The second-order valence-electron chi connectivity index (χ2n) is 9.70. The predicted molar refractivity (Wildman–Crippen MR) is 90.4 cm³/mol. The van der Waals surface area contributed by atoms with Crippen molar-refractivity contribution in [3.63, 3.8) is 0 Å². The largest absolute Gasteiger partial charge is 0.393 e. The first-order valence-electron chi connectivity index (χ1n) is 9.11. The maximum absolute atomic E-state index is 11.5. The Hall–Kier alpha value is -0.340. The number of hydrogen-bond acceptors (Lipinski definition) is 2. The number of hydrogen-bond donors (Lipinski definition) is 2. The van der Waals surface area contributed by atoms with Gasteiger partial charge in [0.05, 0.1) is 11.7 Å². The molecule has 22 heavy (non-hydrogen) atoms. The highest BCUT2D eigenvalue weighted by Gasteiger charge is 2.63. The van der Waals surface area contributed by atoms with Crippen LogP contribution in [-0.4, -0.2) is 21.9 Å². The molecule has 3 rings (SSSR count). The van der Waals surface area contributed by atoms with Gasteiger partial charge in [-0.2, -0.15) is 0 Å². The van der Waals surface area contributed by atoms with Crippen LogP contribution in [0.25, 0.3) is 0 Å². The molecule has 2 N–H and O–H groups in total. The molecule has 3 fully saturated rings. The molecule has 3 saturated carbocycles. The molecule has 3 aliphatic rings. The van der Waals surface area contributed by atoms with Gasteiger partial charge in [0.1, 0.15) is 0 Å². The Morgan fingerprint density at radius 3 is 2.23 bits per heavy atom. The summed E-state index contributed by atoms with van der Waals surface area (Å²) >= 11 is 0. The average Bonchev–Trinajstić information content (AvgIpc) is 2.42. The second-order valence-corrected chi connectivity index (χ2v) is 9.70. The van der Waals surface area contributed by atoms with Crippen LogP contribution in [0.2, 0.25) is 0 Å². The molecule has 2 nitrogen and oxygen atoms in total. The first kappa shape index (κ1) is 16.5. The van der Waals surface area contributed by atoms with Crippen molar-refractivity contribution in [2.75, 3.05) is 0 Å². The summed E-state index contributed by atoms with van der Waals surface area (Å²) in [5.74, 6) is 0.890. The van der Waals surface area contributed by atoms with Gasteiger partial charge in [-0.25, -0.2) is 0 Å². The molecule has 0 spiro atoms. The topological polar surface area (TPSA) is 40.5 Å². The van der Waals surface area contributed by atoms with E-state index in [2.05, 4.69) is 40.3 Å². The molecule has 0 aliphatic heterocycles. The normalized spacial score (nSPS) is 54.2. The van der Waals surface area contributed by atoms with Crippen LogP contribution in [0.3, 0.4) is 0 Å². The molecular formula is C20H34O2. The Balaban J connectivity index is 1.95. The highest BCUT2D eigenvalue weighted by atomic mass is 16.3. The fourth-order valence-corrected chi connectivity index (χ4v) is 6.62. The molecule has 0 amide bonds. The summed E-state index contributed by atoms with van der Waals surface area (Å²) < 4.78 is 0. The van der Waals surface area contributed by atoms with Gasteiger partial charge in [0.2, 0.25) is 0 Å². The van der Waals surface area contributed by atoms with Gasteiger partial charge in [-0.05, 0) is 73.0 Å². The summed E-state index contributed by atoms with van der Waals surface area (Å²) in [6, 6.07) is 0. The van der Waals surface area contributed by atoms with Gasteiger partial charge in [0, 0.05) is 0 Å². The van der Waals surface area contributed by atoms with E-state index in [0.29, 0.717) is 11.8 Å². The van der Waals surface area contributed by atoms with E-state index in [4.69, 9.17) is 0 Å². The van der Waals surface area contributed by atoms with Crippen LogP contribution in [0.4, 0.5) is 0 Å². The van der Waals surface area contributed by atoms with E-state index in [0.717, 1.165) is 44.9 Å². The third-order valence-corrected chi connectivity index (χ3v) is 8.03. The minimum Gasteiger partial charge on any atom is -0.393 e. The summed E-state index contributed by atoms with van der Waals surface area (Å²) in [7, 11) is 0. The summed E-state index contributed by atoms with van der Waals surface area (Å²) in [6.45, 7) is 13.1. The number of aliphatic hydroxyl groups excluding tert-OH is 1. The van der Waals surface area contributed by atoms with Crippen LogP contribution in [0.1, 0.15) is 72.6 Å². The molecule has 0 saturated heterocycles. The fourth-order valence-electron chi connectivity index (χ4n) is 6.62. The first-order valence-corrected chi connectivity index (χ1v) is 9.11. The lowest BCUT2D eigenvalue weighted by Gasteiger charge is -2.65. The molecule has 0 bridgehead atoms. The summed E-state index contributed by atoms with van der Waals surface area (Å²) in [5, 5.41) is 22.0. The molecule has 0 aromatic carbocycles. The van der Waals surface area contributed by atoms with Crippen molar-refractivity contribution in [1.82, 2.24) is 0 Å². The van der Waals surface area contributed by atoms with Gasteiger partial charge in [-0.3, -0.25) is 0 Å². The van der Waals surface area contributed by atoms with Gasteiger partial charge < -0.3 is 10.2 Å². The van der Waals surface area contributed by atoms with Gasteiger partial charge in [-0.1, -0.05) is 33.8 Å². The van der Waals surface area contributed by atoms with E-state index >= 15 is 0 Å². The van der Waals surface area contributed by atoms with Crippen molar-refractivity contribution in [1.29, 1.82) is 0 Å². The lowest BCUT2D eigenvalue weighted by atomic mass is 9.41. The van der Waals surface area contributed by atoms with E-state index in [9.17, 15) is 10.2 Å². The smallest absolute Gasteiger partial charge is 0.0689 e. The lowest BCUT2D eigenvalue weighted by molar-refractivity contribution is -0.221. The molecular weight excluding hydrogens is 272 g/mol. The van der Waals surface area contributed by atoms with Crippen molar-refractivity contribution >= 4 is 0 Å².